The van der Waals surface area contributed by atoms with E-state index < -0.39 is 29.6 Å². The van der Waals surface area contributed by atoms with E-state index in [1.54, 1.807) is 39.0 Å². The Hall–Kier alpha value is -3.36. The van der Waals surface area contributed by atoms with Gasteiger partial charge in [-0.25, -0.2) is 0 Å². The quantitative estimate of drug-likeness (QED) is 0.541. The number of carbonyl (C=O) groups excluding carboxylic acids is 3. The predicted octanol–water partition coefficient (Wildman–Crippen LogP) is 3.31. The molecule has 3 amide bonds. The van der Waals surface area contributed by atoms with Crippen LogP contribution in [0.25, 0.3) is 0 Å². The van der Waals surface area contributed by atoms with E-state index in [1.807, 2.05) is 6.07 Å². The molecule has 2 aromatic rings. The summed E-state index contributed by atoms with van der Waals surface area (Å²) in [6.45, 7) is 5.57. The summed E-state index contributed by atoms with van der Waals surface area (Å²) < 4.78 is 37.8. The first-order valence-corrected chi connectivity index (χ1v) is 10.1. The fourth-order valence-electron chi connectivity index (χ4n) is 2.97. The van der Waals surface area contributed by atoms with E-state index in [1.165, 1.54) is 0 Å². The van der Waals surface area contributed by atoms with Crippen LogP contribution in [-0.2, 0) is 11.0 Å². The Kier molecular flexibility index (Phi) is 8.40. The Morgan fingerprint density at radius 1 is 0.875 bits per heavy atom. The van der Waals surface area contributed by atoms with E-state index >= 15 is 0 Å². The van der Waals surface area contributed by atoms with E-state index in [0.717, 1.165) is 29.8 Å². The van der Waals surface area contributed by atoms with Crippen LogP contribution >= 0.6 is 0 Å². The number of alkyl halides is 3. The van der Waals surface area contributed by atoms with Crippen LogP contribution in [0.15, 0.2) is 48.5 Å². The van der Waals surface area contributed by atoms with Crippen LogP contribution in [0.1, 0.15) is 45.7 Å². The van der Waals surface area contributed by atoms with Crippen LogP contribution in [0.2, 0.25) is 0 Å². The number of hydrogen-bond donors (Lipinski definition) is 3. The first-order valence-electron chi connectivity index (χ1n) is 10.1. The summed E-state index contributed by atoms with van der Waals surface area (Å²) in [6.07, 6.45) is -4.47. The van der Waals surface area contributed by atoms with Gasteiger partial charge < -0.3 is 16.0 Å². The first-order chi connectivity index (χ1) is 15.0. The molecule has 0 aromatic heterocycles. The van der Waals surface area contributed by atoms with Crippen molar-refractivity contribution in [2.75, 3.05) is 13.1 Å². The molecule has 2 aromatic carbocycles. The Balaban J connectivity index is 1.85. The van der Waals surface area contributed by atoms with Crippen molar-refractivity contribution in [2.24, 2.45) is 5.92 Å². The maximum atomic E-state index is 12.6. The molecule has 9 heteroatoms. The van der Waals surface area contributed by atoms with E-state index in [9.17, 15) is 27.6 Å². The zero-order valence-corrected chi connectivity index (χ0v) is 18.0. The lowest BCUT2D eigenvalue weighted by molar-refractivity contribution is -0.137. The molecule has 0 aliphatic rings. The maximum Gasteiger partial charge on any atom is 0.416 e. The normalized spacial score (nSPS) is 12.2. The number of rotatable bonds is 8. The molecule has 0 radical (unpaired) electrons. The summed E-state index contributed by atoms with van der Waals surface area (Å²) in [4.78, 5) is 37.1. The molecular formula is C23H26F3N3O3. The van der Waals surface area contributed by atoms with Crippen LogP contribution in [-0.4, -0.2) is 36.9 Å². The highest BCUT2D eigenvalue weighted by molar-refractivity contribution is 5.98. The minimum absolute atomic E-state index is 0.0716. The Labute approximate surface area is 184 Å². The zero-order valence-electron chi connectivity index (χ0n) is 18.0. The molecule has 172 valence electrons. The van der Waals surface area contributed by atoms with Gasteiger partial charge in [0.15, 0.2) is 0 Å². The van der Waals surface area contributed by atoms with Gasteiger partial charge in [0, 0.05) is 24.2 Å². The molecule has 1 atom stereocenters. The van der Waals surface area contributed by atoms with Crippen molar-refractivity contribution in [1.82, 2.24) is 16.0 Å². The van der Waals surface area contributed by atoms with Gasteiger partial charge in [-0.1, -0.05) is 32.0 Å². The number of nitrogens with one attached hydrogen (secondary N) is 3. The molecule has 0 saturated heterocycles. The lowest BCUT2D eigenvalue weighted by Crippen LogP contribution is -2.51. The van der Waals surface area contributed by atoms with Crippen molar-refractivity contribution in [3.63, 3.8) is 0 Å². The van der Waals surface area contributed by atoms with Crippen molar-refractivity contribution < 1.29 is 27.6 Å². The molecule has 0 heterocycles. The monoisotopic (exact) mass is 449 g/mol. The molecule has 0 bridgehead atoms. The number of halogens is 3. The molecule has 0 spiro atoms. The first kappa shape index (κ1) is 24.9. The lowest BCUT2D eigenvalue weighted by atomic mass is 10.0. The number of amides is 3. The van der Waals surface area contributed by atoms with Crippen molar-refractivity contribution in [3.8, 4) is 0 Å². The third-order valence-electron chi connectivity index (χ3n) is 4.81. The highest BCUT2D eigenvalue weighted by Gasteiger charge is 2.30. The minimum atomic E-state index is -4.47. The van der Waals surface area contributed by atoms with Crippen LogP contribution in [0.3, 0.4) is 0 Å². The largest absolute Gasteiger partial charge is 0.416 e. The van der Waals surface area contributed by atoms with Gasteiger partial charge in [0.25, 0.3) is 11.8 Å². The highest BCUT2D eigenvalue weighted by Crippen LogP contribution is 2.29. The summed E-state index contributed by atoms with van der Waals surface area (Å²) in [5, 5.41) is 7.92. The summed E-state index contributed by atoms with van der Waals surface area (Å²) in [7, 11) is 0. The average Bonchev–Trinajstić information content (AvgIpc) is 2.74. The van der Waals surface area contributed by atoms with Gasteiger partial charge in [0.2, 0.25) is 5.91 Å². The Bertz CT molecular complexity index is 957. The summed E-state index contributed by atoms with van der Waals surface area (Å²) in [5.74, 6) is -1.48. The average molecular weight is 449 g/mol. The van der Waals surface area contributed by atoms with Gasteiger partial charge in [-0.2, -0.15) is 13.2 Å². The van der Waals surface area contributed by atoms with E-state index in [2.05, 4.69) is 16.0 Å². The SMILES string of the molecule is Cc1ccccc1C(=O)NC(C(=O)NCCNC(=O)c1ccc(C(F)(F)F)cc1)C(C)C. The van der Waals surface area contributed by atoms with Crippen molar-refractivity contribution in [2.45, 2.75) is 33.0 Å². The second-order valence-corrected chi connectivity index (χ2v) is 7.63. The number of aryl methyl sites for hydroxylation is 1. The maximum absolute atomic E-state index is 12.6. The Morgan fingerprint density at radius 2 is 1.47 bits per heavy atom. The smallest absolute Gasteiger partial charge is 0.353 e. The van der Waals surface area contributed by atoms with Gasteiger partial charge in [0.1, 0.15) is 6.04 Å². The molecule has 0 fully saturated rings. The zero-order chi connectivity index (χ0) is 23.9. The summed E-state index contributed by atoms with van der Waals surface area (Å²) in [6, 6.07) is 10.1. The molecule has 0 saturated carbocycles. The van der Waals surface area contributed by atoms with E-state index in [-0.39, 0.29) is 30.5 Å². The van der Waals surface area contributed by atoms with Crippen LogP contribution in [0.5, 0.6) is 0 Å². The van der Waals surface area contributed by atoms with Crippen molar-refractivity contribution >= 4 is 17.7 Å². The molecule has 0 aliphatic heterocycles. The van der Waals surface area contributed by atoms with E-state index in [0.29, 0.717) is 5.56 Å². The van der Waals surface area contributed by atoms with Gasteiger partial charge in [-0.05, 0) is 48.7 Å². The predicted molar refractivity (Wildman–Crippen MR) is 114 cm³/mol. The number of benzene rings is 2. The molecule has 1 unspecified atom stereocenters. The summed E-state index contributed by atoms with van der Waals surface area (Å²) >= 11 is 0. The molecular weight excluding hydrogens is 423 g/mol. The Morgan fingerprint density at radius 3 is 2.03 bits per heavy atom. The van der Waals surface area contributed by atoms with Crippen LogP contribution in [0, 0.1) is 12.8 Å². The third-order valence-corrected chi connectivity index (χ3v) is 4.81. The molecule has 2 rings (SSSR count). The standard InChI is InChI=1S/C23H26F3N3O3/c1-14(2)19(29-21(31)18-7-5-4-6-15(18)3)22(32)28-13-12-27-20(30)16-8-10-17(11-9-16)23(24,25)26/h4-11,14,19H,12-13H2,1-3H3,(H,27,30)(H,28,32)(H,29,31). The second-order valence-electron chi connectivity index (χ2n) is 7.63. The van der Waals surface area contributed by atoms with Gasteiger partial charge >= 0.3 is 6.18 Å². The van der Waals surface area contributed by atoms with Crippen molar-refractivity contribution in [1.29, 1.82) is 0 Å². The molecule has 3 N–H and O–H groups in total. The molecule has 0 aliphatic carbocycles. The minimum Gasteiger partial charge on any atom is -0.353 e. The molecule has 32 heavy (non-hydrogen) atoms. The van der Waals surface area contributed by atoms with Crippen LogP contribution in [0.4, 0.5) is 13.2 Å². The van der Waals surface area contributed by atoms with Gasteiger partial charge in [-0.15, -0.1) is 0 Å². The number of hydrogen-bond acceptors (Lipinski definition) is 3. The highest BCUT2D eigenvalue weighted by atomic mass is 19.4. The second kappa shape index (κ2) is 10.8. The third kappa shape index (κ3) is 6.83. The van der Waals surface area contributed by atoms with Gasteiger partial charge in [-0.3, -0.25) is 14.4 Å². The van der Waals surface area contributed by atoms with Crippen molar-refractivity contribution in [3.05, 3.63) is 70.8 Å². The summed E-state index contributed by atoms with van der Waals surface area (Å²) in [5.41, 5.74) is 0.511. The fraction of sp³-hybridized carbons (Fsp3) is 0.348. The fourth-order valence-corrected chi connectivity index (χ4v) is 2.97. The van der Waals surface area contributed by atoms with Crippen LogP contribution < -0.4 is 16.0 Å². The van der Waals surface area contributed by atoms with Gasteiger partial charge in [0.05, 0.1) is 5.56 Å². The van der Waals surface area contributed by atoms with E-state index in [4.69, 9.17) is 0 Å². The topological polar surface area (TPSA) is 87.3 Å². The molecule has 6 nitrogen and oxygen atoms in total. The lowest BCUT2D eigenvalue weighted by Gasteiger charge is -2.22. The number of carbonyl (C=O) groups is 3.